The maximum absolute atomic E-state index is 13.3. The molecule has 0 saturated carbocycles. The molecule has 178 valence electrons. The van der Waals surface area contributed by atoms with E-state index in [0.29, 0.717) is 21.9 Å². The molecule has 8 nitrogen and oxygen atoms in total. The van der Waals surface area contributed by atoms with Crippen molar-refractivity contribution in [3.8, 4) is 0 Å². The SMILES string of the molecule is CCOC(=O)C1=C(c2ccc(Cl)c(Cl)c2)N=C(C)C(C(=O)OCC)C1c1cccc([N+](=O)[O-])c1. The molecule has 0 aromatic heterocycles. The third kappa shape index (κ3) is 5.13. The number of nitro groups is 1. The van der Waals surface area contributed by atoms with Crippen LogP contribution in [0.3, 0.4) is 0 Å². The molecule has 2 atom stereocenters. The lowest BCUT2D eigenvalue weighted by molar-refractivity contribution is -0.384. The molecule has 10 heteroatoms. The molecule has 1 heterocycles. The highest BCUT2D eigenvalue weighted by atomic mass is 35.5. The van der Waals surface area contributed by atoms with Gasteiger partial charge in [0.25, 0.3) is 5.69 Å². The van der Waals surface area contributed by atoms with Crippen LogP contribution in [0.1, 0.15) is 37.8 Å². The van der Waals surface area contributed by atoms with E-state index < -0.39 is 28.7 Å². The smallest absolute Gasteiger partial charge is 0.336 e. The Labute approximate surface area is 206 Å². The summed E-state index contributed by atoms with van der Waals surface area (Å²) in [7, 11) is 0. The third-order valence-electron chi connectivity index (χ3n) is 5.31. The number of hydrogen-bond donors (Lipinski definition) is 0. The Morgan fingerprint density at radius 1 is 1.06 bits per heavy atom. The van der Waals surface area contributed by atoms with Crippen molar-refractivity contribution in [3.05, 3.63) is 79.3 Å². The van der Waals surface area contributed by atoms with Crippen LogP contribution < -0.4 is 0 Å². The van der Waals surface area contributed by atoms with Crippen LogP contribution in [0, 0.1) is 16.0 Å². The molecule has 0 spiro atoms. The van der Waals surface area contributed by atoms with E-state index >= 15 is 0 Å². The van der Waals surface area contributed by atoms with Gasteiger partial charge in [-0.15, -0.1) is 0 Å². The fraction of sp³-hybridized carbons (Fsp3) is 0.292. The summed E-state index contributed by atoms with van der Waals surface area (Å²) in [5, 5.41) is 12.0. The Hall–Kier alpha value is -3.23. The van der Waals surface area contributed by atoms with Crippen molar-refractivity contribution in [2.24, 2.45) is 10.9 Å². The van der Waals surface area contributed by atoms with Crippen molar-refractivity contribution >= 4 is 52.2 Å². The van der Waals surface area contributed by atoms with Crippen LogP contribution in [0.15, 0.2) is 53.0 Å². The fourth-order valence-electron chi connectivity index (χ4n) is 3.89. The second-order valence-corrected chi connectivity index (χ2v) is 8.24. The van der Waals surface area contributed by atoms with Crippen LogP contribution in [0.2, 0.25) is 10.0 Å². The van der Waals surface area contributed by atoms with E-state index in [1.807, 2.05) is 0 Å². The minimum absolute atomic E-state index is 0.0735. The van der Waals surface area contributed by atoms with Crippen LogP contribution in [0.25, 0.3) is 5.70 Å². The van der Waals surface area contributed by atoms with E-state index in [1.54, 1.807) is 45.0 Å². The number of halogens is 2. The number of esters is 2. The summed E-state index contributed by atoms with van der Waals surface area (Å²) < 4.78 is 10.6. The molecule has 3 rings (SSSR count). The summed E-state index contributed by atoms with van der Waals surface area (Å²) in [6.45, 7) is 5.15. The topological polar surface area (TPSA) is 108 Å². The molecule has 1 aliphatic rings. The van der Waals surface area contributed by atoms with Crippen molar-refractivity contribution in [1.29, 1.82) is 0 Å². The molecule has 34 heavy (non-hydrogen) atoms. The van der Waals surface area contributed by atoms with Gasteiger partial charge < -0.3 is 9.47 Å². The number of rotatable bonds is 7. The third-order valence-corrected chi connectivity index (χ3v) is 6.05. The molecule has 2 aromatic carbocycles. The Balaban J connectivity index is 2.35. The summed E-state index contributed by atoms with van der Waals surface area (Å²) in [5.41, 5.74) is 1.37. The minimum Gasteiger partial charge on any atom is -0.465 e. The van der Waals surface area contributed by atoms with Gasteiger partial charge in [0.2, 0.25) is 0 Å². The Bertz CT molecular complexity index is 1210. The maximum Gasteiger partial charge on any atom is 0.336 e. The predicted molar refractivity (Wildman–Crippen MR) is 129 cm³/mol. The van der Waals surface area contributed by atoms with E-state index in [1.165, 1.54) is 18.2 Å². The van der Waals surface area contributed by atoms with Crippen LogP contribution >= 0.6 is 23.2 Å². The normalized spacial score (nSPS) is 17.7. The van der Waals surface area contributed by atoms with Crippen LogP contribution in [-0.4, -0.2) is 35.8 Å². The van der Waals surface area contributed by atoms with E-state index in [0.717, 1.165) is 0 Å². The molecule has 0 N–H and O–H groups in total. The number of nitrogens with zero attached hydrogens (tertiary/aromatic N) is 2. The van der Waals surface area contributed by atoms with E-state index in [4.69, 9.17) is 32.7 Å². The Morgan fingerprint density at radius 3 is 2.38 bits per heavy atom. The number of benzene rings is 2. The lowest BCUT2D eigenvalue weighted by Gasteiger charge is -2.32. The summed E-state index contributed by atoms with van der Waals surface area (Å²) in [6.07, 6.45) is 0. The minimum atomic E-state index is -0.993. The zero-order valence-electron chi connectivity index (χ0n) is 18.7. The lowest BCUT2D eigenvalue weighted by atomic mass is 9.74. The lowest BCUT2D eigenvalue weighted by Crippen LogP contribution is -2.36. The number of nitro benzene ring substituents is 1. The first-order chi connectivity index (χ1) is 16.2. The van der Waals surface area contributed by atoms with Gasteiger partial charge in [0.1, 0.15) is 5.92 Å². The van der Waals surface area contributed by atoms with Crippen molar-refractivity contribution < 1.29 is 24.0 Å². The van der Waals surface area contributed by atoms with E-state index in [-0.39, 0.29) is 35.2 Å². The average molecular weight is 505 g/mol. The van der Waals surface area contributed by atoms with Crippen molar-refractivity contribution in [1.82, 2.24) is 0 Å². The highest BCUT2D eigenvalue weighted by molar-refractivity contribution is 6.42. The van der Waals surface area contributed by atoms with Gasteiger partial charge in [-0.25, -0.2) is 4.79 Å². The first kappa shape index (κ1) is 25.4. The molecule has 0 radical (unpaired) electrons. The van der Waals surface area contributed by atoms with E-state index in [9.17, 15) is 19.7 Å². The second kappa shape index (κ2) is 10.8. The Morgan fingerprint density at radius 2 is 1.76 bits per heavy atom. The number of carbonyl (C=O) groups is 2. The fourth-order valence-corrected chi connectivity index (χ4v) is 4.18. The molecule has 0 amide bonds. The predicted octanol–water partition coefficient (Wildman–Crippen LogP) is 5.61. The zero-order valence-corrected chi connectivity index (χ0v) is 20.2. The molecule has 0 saturated heterocycles. The molecular formula is C24H22Cl2N2O6. The van der Waals surface area contributed by atoms with Crippen LogP contribution in [0.4, 0.5) is 5.69 Å². The summed E-state index contributed by atoms with van der Waals surface area (Å²) >= 11 is 12.3. The zero-order chi connectivity index (χ0) is 25.0. The van der Waals surface area contributed by atoms with Crippen LogP contribution in [-0.2, 0) is 19.1 Å². The van der Waals surface area contributed by atoms with Gasteiger partial charge in [0.15, 0.2) is 0 Å². The molecular weight excluding hydrogens is 483 g/mol. The first-order valence-electron chi connectivity index (χ1n) is 10.5. The molecule has 2 aromatic rings. The van der Waals surface area contributed by atoms with Gasteiger partial charge >= 0.3 is 11.9 Å². The summed E-state index contributed by atoms with van der Waals surface area (Å²) in [6, 6.07) is 10.6. The highest BCUT2D eigenvalue weighted by Crippen LogP contribution is 2.44. The molecule has 0 aliphatic carbocycles. The van der Waals surface area contributed by atoms with Crippen molar-refractivity contribution in [2.45, 2.75) is 26.7 Å². The van der Waals surface area contributed by atoms with Crippen molar-refractivity contribution in [2.75, 3.05) is 13.2 Å². The second-order valence-electron chi connectivity index (χ2n) is 7.42. The Kier molecular flexibility index (Phi) is 8.06. The molecule has 0 bridgehead atoms. The van der Waals surface area contributed by atoms with Gasteiger partial charge in [-0.1, -0.05) is 41.4 Å². The van der Waals surface area contributed by atoms with Crippen molar-refractivity contribution in [3.63, 3.8) is 0 Å². The summed E-state index contributed by atoms with van der Waals surface area (Å²) in [4.78, 5) is 41.8. The molecule has 2 unspecified atom stereocenters. The van der Waals surface area contributed by atoms with Crippen LogP contribution in [0.5, 0.6) is 0 Å². The molecule has 0 fully saturated rings. The van der Waals surface area contributed by atoms with Gasteiger partial charge in [-0.05, 0) is 38.5 Å². The summed E-state index contributed by atoms with van der Waals surface area (Å²) in [5.74, 6) is -3.24. The number of hydrogen-bond acceptors (Lipinski definition) is 7. The van der Waals surface area contributed by atoms with Gasteiger partial charge in [0.05, 0.1) is 39.5 Å². The standard InChI is InChI=1S/C24H22Cl2N2O6/c1-4-33-23(29)19-13(3)27-22(15-9-10-17(25)18(26)12-15)21(24(30)34-5-2)20(19)14-7-6-8-16(11-14)28(31)32/h6-12,19-20H,4-5H2,1-3H3. The monoisotopic (exact) mass is 504 g/mol. The molecule has 1 aliphatic heterocycles. The van der Waals surface area contributed by atoms with E-state index in [2.05, 4.69) is 4.99 Å². The van der Waals surface area contributed by atoms with Gasteiger partial charge in [-0.3, -0.25) is 19.9 Å². The highest BCUT2D eigenvalue weighted by Gasteiger charge is 2.43. The number of aliphatic imine (C=N–C) groups is 1. The maximum atomic E-state index is 13.3. The van der Waals surface area contributed by atoms with Gasteiger partial charge in [-0.2, -0.15) is 0 Å². The van der Waals surface area contributed by atoms with Gasteiger partial charge in [0, 0.05) is 29.3 Å². The average Bonchev–Trinajstić information content (AvgIpc) is 2.80. The largest absolute Gasteiger partial charge is 0.465 e. The number of carbonyl (C=O) groups excluding carboxylic acids is 2. The number of non-ortho nitro benzene ring substituents is 1. The first-order valence-corrected chi connectivity index (χ1v) is 11.3. The quantitative estimate of drug-likeness (QED) is 0.275. The number of ether oxygens (including phenoxy) is 2.